The molecule has 0 unspecified atom stereocenters. The first kappa shape index (κ1) is 17.2. The van der Waals surface area contributed by atoms with Gasteiger partial charge < -0.3 is 24.8 Å². The average molecular weight is 334 g/mol. The molecule has 0 aromatic carbocycles. The molecule has 0 aliphatic carbocycles. The Balaban J connectivity index is 2.46. The van der Waals surface area contributed by atoms with Crippen LogP contribution in [-0.4, -0.2) is 68.6 Å². The first-order valence-electron chi connectivity index (χ1n) is 6.50. The van der Waals surface area contributed by atoms with E-state index in [-0.39, 0.29) is 12.5 Å². The Hall–Kier alpha value is -1.17. The van der Waals surface area contributed by atoms with Crippen LogP contribution >= 0.6 is 11.8 Å². The molecule has 4 atom stereocenters. The van der Waals surface area contributed by atoms with Crippen LogP contribution in [0.1, 0.15) is 0 Å². The highest BCUT2D eigenvalue weighted by atomic mass is 32.2. The van der Waals surface area contributed by atoms with Gasteiger partial charge in [-0.2, -0.15) is 0 Å². The van der Waals surface area contributed by atoms with Gasteiger partial charge in [-0.05, 0) is 6.26 Å². The van der Waals surface area contributed by atoms with Crippen LogP contribution in [0, 0.1) is 0 Å². The minimum atomic E-state index is -1.73. The number of rotatable bonds is 6. The summed E-state index contributed by atoms with van der Waals surface area (Å²) in [6, 6.07) is 1.09. The monoisotopic (exact) mass is 334 g/mol. The number of ether oxygens (including phenoxy) is 2. The van der Waals surface area contributed by atoms with Gasteiger partial charge in [0.15, 0.2) is 0 Å². The highest BCUT2D eigenvalue weighted by Crippen LogP contribution is 2.35. The minimum absolute atomic E-state index is 0.242. The Kier molecular flexibility index (Phi) is 5.42. The van der Waals surface area contributed by atoms with Crippen LogP contribution in [0.5, 0.6) is 0 Å². The molecule has 0 bridgehead atoms. The van der Waals surface area contributed by atoms with E-state index in [1.54, 1.807) is 6.26 Å². The van der Waals surface area contributed by atoms with Crippen molar-refractivity contribution in [3.63, 3.8) is 0 Å². The first-order chi connectivity index (χ1) is 10.5. The Morgan fingerprint density at radius 1 is 1.50 bits per heavy atom. The lowest BCUT2D eigenvalue weighted by Gasteiger charge is -2.33. The summed E-state index contributed by atoms with van der Waals surface area (Å²) < 4.78 is 11.8. The smallest absolute Gasteiger partial charge is 0.330 e. The van der Waals surface area contributed by atoms with Gasteiger partial charge in [-0.25, -0.2) is 4.79 Å². The van der Waals surface area contributed by atoms with Crippen molar-refractivity contribution in [2.24, 2.45) is 0 Å². The minimum Gasteiger partial charge on any atom is -0.394 e. The Morgan fingerprint density at radius 3 is 2.77 bits per heavy atom. The third-order valence-electron chi connectivity index (χ3n) is 3.44. The van der Waals surface area contributed by atoms with E-state index in [1.807, 2.05) is 0 Å². The summed E-state index contributed by atoms with van der Waals surface area (Å²) in [5.41, 5.74) is -3.15. The zero-order valence-electron chi connectivity index (χ0n) is 11.8. The second-order valence-electron chi connectivity index (χ2n) is 4.85. The van der Waals surface area contributed by atoms with E-state index in [0.717, 1.165) is 16.8 Å². The second-order valence-corrected chi connectivity index (χ2v) is 5.67. The highest BCUT2D eigenvalue weighted by molar-refractivity contribution is 7.98. The molecule has 1 aromatic heterocycles. The van der Waals surface area contributed by atoms with Gasteiger partial charge in [0.2, 0.25) is 5.72 Å². The third-order valence-corrected chi connectivity index (χ3v) is 3.85. The summed E-state index contributed by atoms with van der Waals surface area (Å²) in [6.45, 7) is -0.783. The predicted molar refractivity (Wildman–Crippen MR) is 77.6 cm³/mol. The summed E-state index contributed by atoms with van der Waals surface area (Å²) in [6.07, 6.45) is -1.04. The molecule has 2 rings (SSSR count). The zero-order valence-corrected chi connectivity index (χ0v) is 12.7. The lowest BCUT2D eigenvalue weighted by Crippen LogP contribution is -2.54. The van der Waals surface area contributed by atoms with Crippen molar-refractivity contribution in [2.45, 2.75) is 24.0 Å². The Labute approximate surface area is 129 Å². The van der Waals surface area contributed by atoms with Crippen LogP contribution in [0.2, 0.25) is 0 Å². The van der Waals surface area contributed by atoms with Crippen LogP contribution in [0.25, 0.3) is 0 Å². The van der Waals surface area contributed by atoms with Crippen LogP contribution < -0.4 is 11.2 Å². The normalized spacial score (nSPS) is 31.5. The molecule has 4 N–H and O–H groups in total. The topological polar surface area (TPSA) is 134 Å². The van der Waals surface area contributed by atoms with E-state index in [0.29, 0.717) is 0 Å². The van der Waals surface area contributed by atoms with Crippen molar-refractivity contribution < 1.29 is 24.8 Å². The van der Waals surface area contributed by atoms with Gasteiger partial charge in [-0.3, -0.25) is 14.3 Å². The number of H-pyrrole nitrogens is 1. The fourth-order valence-corrected chi connectivity index (χ4v) is 2.64. The molecule has 1 aliphatic heterocycles. The molecule has 9 nitrogen and oxygen atoms in total. The Morgan fingerprint density at radius 2 is 2.23 bits per heavy atom. The summed E-state index contributed by atoms with van der Waals surface area (Å²) in [5, 5.41) is 29.5. The molecular weight excluding hydrogens is 316 g/mol. The predicted octanol–water partition coefficient (Wildman–Crippen LogP) is -2.36. The van der Waals surface area contributed by atoms with Crippen molar-refractivity contribution in [1.82, 2.24) is 9.55 Å². The number of nitrogens with one attached hydrogen (secondary N) is 1. The molecule has 2 heterocycles. The maximum absolute atomic E-state index is 12.0. The van der Waals surface area contributed by atoms with Crippen molar-refractivity contribution >= 4 is 11.8 Å². The van der Waals surface area contributed by atoms with Crippen molar-refractivity contribution in [3.05, 3.63) is 33.1 Å². The molecular formula is C12H18N2O7S. The van der Waals surface area contributed by atoms with Gasteiger partial charge in [-0.1, -0.05) is 0 Å². The number of hydrogen-bond acceptors (Lipinski definition) is 8. The molecule has 124 valence electrons. The molecule has 0 spiro atoms. The number of aliphatic hydroxyl groups is 3. The standard InChI is InChI=1S/C12H18N2O7S/c1-22-6-20-5-12(10(18)9(17)7(4-15)21-12)14-3-2-8(16)13-11(14)19/h2-3,7,9-10,15,17-18H,4-6H2,1H3,(H,13,16,19)/t7-,9-,10-,12-/m1/s1. The molecule has 1 saturated heterocycles. The van der Waals surface area contributed by atoms with E-state index < -0.39 is 41.9 Å². The fraction of sp³-hybridized carbons (Fsp3) is 0.667. The van der Waals surface area contributed by atoms with Crippen molar-refractivity contribution in [2.75, 3.05) is 25.4 Å². The second kappa shape index (κ2) is 6.94. The molecule has 1 fully saturated rings. The zero-order chi connectivity index (χ0) is 16.3. The summed E-state index contributed by atoms with van der Waals surface area (Å²) in [5.74, 6) is 0.274. The average Bonchev–Trinajstić information content (AvgIpc) is 2.73. The quantitative estimate of drug-likeness (QED) is 0.335. The van der Waals surface area contributed by atoms with Gasteiger partial charge in [0.1, 0.15) is 18.3 Å². The molecule has 0 saturated carbocycles. The van der Waals surface area contributed by atoms with E-state index in [2.05, 4.69) is 4.98 Å². The lowest BCUT2D eigenvalue weighted by atomic mass is 10.0. The van der Waals surface area contributed by atoms with Crippen molar-refractivity contribution in [1.29, 1.82) is 0 Å². The SMILES string of the molecule is CSCOC[C@@]1(n2ccc(=O)[nH]c2=O)O[C@H](CO)[C@@H](O)[C@H]1O. The van der Waals surface area contributed by atoms with Crippen molar-refractivity contribution in [3.8, 4) is 0 Å². The van der Waals surface area contributed by atoms with E-state index in [4.69, 9.17) is 9.47 Å². The molecule has 22 heavy (non-hydrogen) atoms. The molecule has 1 aromatic rings. The summed E-state index contributed by atoms with van der Waals surface area (Å²) >= 11 is 1.38. The number of aliphatic hydroxyl groups excluding tert-OH is 3. The fourth-order valence-electron chi connectivity index (χ4n) is 2.39. The van der Waals surface area contributed by atoms with Gasteiger partial charge >= 0.3 is 5.69 Å². The maximum Gasteiger partial charge on any atom is 0.330 e. The van der Waals surface area contributed by atoms with Crippen LogP contribution in [0.3, 0.4) is 0 Å². The number of thioether (sulfide) groups is 1. The number of aromatic amines is 1. The van der Waals surface area contributed by atoms with Gasteiger partial charge in [0.05, 0.1) is 19.2 Å². The number of hydrogen-bond donors (Lipinski definition) is 4. The lowest BCUT2D eigenvalue weighted by molar-refractivity contribution is -0.181. The third kappa shape index (κ3) is 2.98. The summed E-state index contributed by atoms with van der Waals surface area (Å²) in [4.78, 5) is 25.3. The van der Waals surface area contributed by atoms with Gasteiger partial charge in [0.25, 0.3) is 5.56 Å². The van der Waals surface area contributed by atoms with Gasteiger partial charge in [-0.15, -0.1) is 11.8 Å². The highest BCUT2D eigenvalue weighted by Gasteiger charge is 2.56. The molecule has 0 radical (unpaired) electrons. The van der Waals surface area contributed by atoms with Crippen LogP contribution in [0.15, 0.2) is 21.9 Å². The van der Waals surface area contributed by atoms with Crippen LogP contribution in [0.4, 0.5) is 0 Å². The first-order valence-corrected chi connectivity index (χ1v) is 7.89. The van der Waals surface area contributed by atoms with E-state index >= 15 is 0 Å². The van der Waals surface area contributed by atoms with Crippen LogP contribution in [-0.2, 0) is 15.2 Å². The molecule has 10 heteroatoms. The number of nitrogens with zero attached hydrogens (tertiary/aromatic N) is 1. The van der Waals surface area contributed by atoms with E-state index in [9.17, 15) is 24.9 Å². The molecule has 0 amide bonds. The summed E-state index contributed by atoms with van der Waals surface area (Å²) in [7, 11) is 0. The number of aromatic nitrogens is 2. The maximum atomic E-state index is 12.0. The Bertz CT molecular complexity index is 618. The van der Waals surface area contributed by atoms with E-state index in [1.165, 1.54) is 11.8 Å². The van der Waals surface area contributed by atoms with Gasteiger partial charge in [0, 0.05) is 12.3 Å². The molecule has 1 aliphatic rings. The largest absolute Gasteiger partial charge is 0.394 e.